The summed E-state index contributed by atoms with van der Waals surface area (Å²) in [7, 11) is 0. The molecule has 0 aliphatic heterocycles. The van der Waals surface area contributed by atoms with Crippen molar-refractivity contribution in [2.75, 3.05) is 0 Å². The number of benzene rings is 4. The molecule has 0 bridgehead atoms. The molecule has 0 saturated carbocycles. The van der Waals surface area contributed by atoms with Crippen LogP contribution in [0.25, 0.3) is 28.1 Å². The van der Waals surface area contributed by atoms with E-state index in [9.17, 15) is 4.79 Å². The fourth-order valence-corrected chi connectivity index (χ4v) is 3.81. The lowest BCUT2D eigenvalue weighted by Gasteiger charge is -2.09. The molecule has 1 heterocycles. The quantitative estimate of drug-likeness (QED) is 0.241. The van der Waals surface area contributed by atoms with Crippen LogP contribution in [0.2, 0.25) is 0 Å². The standard InChI is InChI=1S/C30H24N4O/c1-22-12-18-27(19-13-22)34-29(26-16-14-25(15-17-26)24-10-6-3-7-11-24)20-28(33-34)30(35)32-31-21-23-8-4-2-5-9-23/h2-21H,1H3,(H,32,35)/b31-21-. The number of hydrogen-bond acceptors (Lipinski definition) is 3. The van der Waals surface area contributed by atoms with Crippen molar-refractivity contribution in [3.63, 3.8) is 0 Å². The number of nitrogens with one attached hydrogen (secondary N) is 1. The van der Waals surface area contributed by atoms with Crippen LogP contribution in [0.5, 0.6) is 0 Å². The zero-order chi connectivity index (χ0) is 24.0. The van der Waals surface area contributed by atoms with Crippen molar-refractivity contribution in [1.82, 2.24) is 15.2 Å². The van der Waals surface area contributed by atoms with Gasteiger partial charge in [0.05, 0.1) is 17.6 Å². The number of aryl methyl sites for hydroxylation is 1. The Balaban J connectivity index is 1.47. The van der Waals surface area contributed by atoms with Gasteiger partial charge in [-0.25, -0.2) is 10.1 Å². The van der Waals surface area contributed by atoms with Gasteiger partial charge in [-0.05, 0) is 41.8 Å². The first kappa shape index (κ1) is 22.0. The van der Waals surface area contributed by atoms with Gasteiger partial charge >= 0.3 is 0 Å². The van der Waals surface area contributed by atoms with Gasteiger partial charge in [-0.1, -0.05) is 103 Å². The fourth-order valence-electron chi connectivity index (χ4n) is 3.81. The van der Waals surface area contributed by atoms with Gasteiger partial charge in [0, 0.05) is 5.56 Å². The Bertz CT molecular complexity index is 1450. The molecule has 1 amide bonds. The molecule has 5 heteroatoms. The number of rotatable bonds is 6. The van der Waals surface area contributed by atoms with Crippen molar-refractivity contribution in [3.05, 3.63) is 132 Å². The van der Waals surface area contributed by atoms with Crippen molar-refractivity contribution < 1.29 is 4.79 Å². The molecule has 0 radical (unpaired) electrons. The highest BCUT2D eigenvalue weighted by molar-refractivity contribution is 5.94. The van der Waals surface area contributed by atoms with Crippen LogP contribution in [0, 0.1) is 6.92 Å². The summed E-state index contributed by atoms with van der Waals surface area (Å²) >= 11 is 0. The maximum Gasteiger partial charge on any atom is 0.291 e. The van der Waals surface area contributed by atoms with E-state index in [1.54, 1.807) is 17.0 Å². The maximum absolute atomic E-state index is 12.9. The van der Waals surface area contributed by atoms with Crippen molar-refractivity contribution in [1.29, 1.82) is 0 Å². The lowest BCUT2D eigenvalue weighted by molar-refractivity contribution is 0.0949. The Hall–Kier alpha value is -4.77. The van der Waals surface area contributed by atoms with Gasteiger partial charge in [-0.2, -0.15) is 10.2 Å². The average molecular weight is 457 g/mol. The van der Waals surface area contributed by atoms with Crippen molar-refractivity contribution in [2.24, 2.45) is 5.10 Å². The Morgan fingerprint density at radius 2 is 1.37 bits per heavy atom. The Morgan fingerprint density at radius 1 is 0.771 bits per heavy atom. The molecule has 0 atom stereocenters. The average Bonchev–Trinajstić information content (AvgIpc) is 3.36. The van der Waals surface area contributed by atoms with E-state index < -0.39 is 0 Å². The van der Waals surface area contributed by atoms with Gasteiger partial charge < -0.3 is 0 Å². The zero-order valence-corrected chi connectivity index (χ0v) is 19.3. The second-order valence-corrected chi connectivity index (χ2v) is 8.22. The summed E-state index contributed by atoms with van der Waals surface area (Å²) in [5, 5.41) is 8.71. The van der Waals surface area contributed by atoms with Crippen molar-refractivity contribution in [3.8, 4) is 28.1 Å². The molecule has 5 rings (SSSR count). The fraction of sp³-hybridized carbons (Fsp3) is 0.0333. The molecule has 0 unspecified atom stereocenters. The largest absolute Gasteiger partial charge is 0.291 e. The highest BCUT2D eigenvalue weighted by atomic mass is 16.2. The maximum atomic E-state index is 12.9. The Labute approximate surface area is 204 Å². The Morgan fingerprint density at radius 3 is 2.06 bits per heavy atom. The van der Waals surface area contributed by atoms with Crippen LogP contribution < -0.4 is 5.43 Å². The summed E-state index contributed by atoms with van der Waals surface area (Å²) in [4.78, 5) is 12.9. The minimum Gasteiger partial charge on any atom is -0.265 e. The van der Waals surface area contributed by atoms with E-state index in [0.29, 0.717) is 0 Å². The summed E-state index contributed by atoms with van der Waals surface area (Å²) in [6, 6.07) is 38.0. The monoisotopic (exact) mass is 456 g/mol. The van der Waals surface area contributed by atoms with E-state index in [0.717, 1.165) is 39.2 Å². The van der Waals surface area contributed by atoms with Gasteiger partial charge in [0.25, 0.3) is 5.91 Å². The molecule has 0 saturated heterocycles. The summed E-state index contributed by atoms with van der Waals surface area (Å²) in [5.74, 6) is -0.370. The van der Waals surface area contributed by atoms with Gasteiger partial charge in [0.15, 0.2) is 5.69 Å². The molecule has 0 aliphatic carbocycles. The van der Waals surface area contributed by atoms with E-state index in [1.165, 1.54) is 0 Å². The molecule has 1 N–H and O–H groups in total. The first-order chi connectivity index (χ1) is 17.2. The minimum absolute atomic E-state index is 0.290. The molecule has 4 aromatic carbocycles. The Kier molecular flexibility index (Phi) is 6.31. The smallest absolute Gasteiger partial charge is 0.265 e. The highest BCUT2D eigenvalue weighted by Gasteiger charge is 2.17. The summed E-state index contributed by atoms with van der Waals surface area (Å²) < 4.78 is 1.80. The molecule has 5 nitrogen and oxygen atoms in total. The van der Waals surface area contributed by atoms with E-state index >= 15 is 0 Å². The van der Waals surface area contributed by atoms with Crippen LogP contribution in [-0.4, -0.2) is 21.9 Å². The second kappa shape index (κ2) is 10.0. The second-order valence-electron chi connectivity index (χ2n) is 8.22. The predicted molar refractivity (Wildman–Crippen MR) is 141 cm³/mol. The number of hydrazone groups is 1. The molecule has 35 heavy (non-hydrogen) atoms. The SMILES string of the molecule is Cc1ccc(-n2nc(C(=O)N/N=C\c3ccccc3)cc2-c2ccc(-c3ccccc3)cc2)cc1. The number of amides is 1. The number of carbonyl (C=O) groups is 1. The first-order valence-corrected chi connectivity index (χ1v) is 11.4. The van der Waals surface area contributed by atoms with Crippen LogP contribution in [-0.2, 0) is 0 Å². The van der Waals surface area contributed by atoms with Gasteiger partial charge in [-0.15, -0.1) is 0 Å². The molecule has 0 spiro atoms. The highest BCUT2D eigenvalue weighted by Crippen LogP contribution is 2.27. The number of carbonyl (C=O) groups excluding carboxylic acids is 1. The predicted octanol–water partition coefficient (Wildman–Crippen LogP) is 6.28. The number of hydrogen-bond donors (Lipinski definition) is 1. The van der Waals surface area contributed by atoms with E-state index in [-0.39, 0.29) is 11.6 Å². The van der Waals surface area contributed by atoms with Crippen LogP contribution in [0.3, 0.4) is 0 Å². The molecular formula is C30H24N4O. The third-order valence-electron chi connectivity index (χ3n) is 5.69. The van der Waals surface area contributed by atoms with Crippen molar-refractivity contribution in [2.45, 2.75) is 6.92 Å². The summed E-state index contributed by atoms with van der Waals surface area (Å²) in [6.07, 6.45) is 1.61. The minimum atomic E-state index is -0.370. The summed E-state index contributed by atoms with van der Waals surface area (Å²) in [6.45, 7) is 2.04. The normalized spacial score (nSPS) is 11.0. The topological polar surface area (TPSA) is 59.3 Å². The molecule has 5 aromatic rings. The molecule has 0 fully saturated rings. The van der Waals surface area contributed by atoms with E-state index in [4.69, 9.17) is 0 Å². The van der Waals surface area contributed by atoms with Crippen LogP contribution >= 0.6 is 0 Å². The summed E-state index contributed by atoms with van der Waals surface area (Å²) in [5.41, 5.74) is 9.88. The molecular weight excluding hydrogens is 432 g/mol. The lowest BCUT2D eigenvalue weighted by atomic mass is 10.0. The van der Waals surface area contributed by atoms with Crippen LogP contribution in [0.1, 0.15) is 21.6 Å². The zero-order valence-electron chi connectivity index (χ0n) is 19.3. The van der Waals surface area contributed by atoms with Crippen LogP contribution in [0.15, 0.2) is 120 Å². The molecule has 0 aliphatic rings. The van der Waals surface area contributed by atoms with E-state index in [1.807, 2.05) is 79.7 Å². The van der Waals surface area contributed by atoms with Crippen molar-refractivity contribution >= 4 is 12.1 Å². The number of nitrogens with zero attached hydrogens (tertiary/aromatic N) is 3. The van der Waals surface area contributed by atoms with Gasteiger partial charge in [0.1, 0.15) is 0 Å². The molecule has 1 aromatic heterocycles. The third-order valence-corrected chi connectivity index (χ3v) is 5.69. The number of aromatic nitrogens is 2. The van der Waals surface area contributed by atoms with Crippen LogP contribution in [0.4, 0.5) is 0 Å². The third kappa shape index (κ3) is 5.09. The first-order valence-electron chi connectivity index (χ1n) is 11.4. The van der Waals surface area contributed by atoms with E-state index in [2.05, 4.69) is 52.0 Å². The van der Waals surface area contributed by atoms with Gasteiger partial charge in [0.2, 0.25) is 0 Å². The molecule has 170 valence electrons. The lowest BCUT2D eigenvalue weighted by Crippen LogP contribution is -2.18. The van der Waals surface area contributed by atoms with Gasteiger partial charge in [-0.3, -0.25) is 4.79 Å².